The summed E-state index contributed by atoms with van der Waals surface area (Å²) in [4.78, 5) is 11.1. The summed E-state index contributed by atoms with van der Waals surface area (Å²) in [5.41, 5.74) is 0.929. The summed E-state index contributed by atoms with van der Waals surface area (Å²) >= 11 is 6.17. The Morgan fingerprint density at radius 3 is 2.50 bits per heavy atom. The standard InChI is InChI=1S/C13H22ClN3O/c1-6-11-15-12(14)10(4)13(16-11)17(7-2)9(3)8-18-5/h9H,6-8H2,1-5H3. The first kappa shape index (κ1) is 15.2. The molecule has 0 aliphatic carbocycles. The molecule has 0 amide bonds. The first-order valence-corrected chi connectivity index (χ1v) is 6.71. The second kappa shape index (κ2) is 6.90. The number of nitrogens with zero attached hydrogens (tertiary/aromatic N) is 3. The van der Waals surface area contributed by atoms with E-state index in [4.69, 9.17) is 16.3 Å². The first-order valence-electron chi connectivity index (χ1n) is 6.33. The van der Waals surface area contributed by atoms with Crippen molar-refractivity contribution in [3.8, 4) is 0 Å². The number of likely N-dealkylation sites (N-methyl/N-ethyl adjacent to an activating group) is 1. The molecule has 1 aromatic heterocycles. The summed E-state index contributed by atoms with van der Waals surface area (Å²) in [5, 5.41) is 0.542. The van der Waals surface area contributed by atoms with Crippen molar-refractivity contribution in [3.05, 3.63) is 16.5 Å². The van der Waals surface area contributed by atoms with Gasteiger partial charge in [-0.2, -0.15) is 0 Å². The fourth-order valence-electron chi connectivity index (χ4n) is 1.96. The van der Waals surface area contributed by atoms with Crippen LogP contribution in [0.3, 0.4) is 0 Å². The Morgan fingerprint density at radius 1 is 1.33 bits per heavy atom. The molecule has 1 heterocycles. The molecule has 0 saturated heterocycles. The number of hydrogen-bond donors (Lipinski definition) is 0. The van der Waals surface area contributed by atoms with E-state index in [-0.39, 0.29) is 6.04 Å². The second-order valence-corrected chi connectivity index (χ2v) is 4.68. The van der Waals surface area contributed by atoms with Crippen LogP contribution in [0.1, 0.15) is 32.2 Å². The van der Waals surface area contributed by atoms with Gasteiger partial charge in [-0.05, 0) is 20.8 Å². The van der Waals surface area contributed by atoms with Crippen LogP contribution in [0.25, 0.3) is 0 Å². The van der Waals surface area contributed by atoms with Gasteiger partial charge in [0.2, 0.25) is 0 Å². The summed E-state index contributed by atoms with van der Waals surface area (Å²) in [5.74, 6) is 1.70. The molecule has 4 nitrogen and oxygen atoms in total. The minimum Gasteiger partial charge on any atom is -0.383 e. The molecule has 18 heavy (non-hydrogen) atoms. The molecule has 0 aliphatic heterocycles. The van der Waals surface area contributed by atoms with Crippen molar-refractivity contribution in [2.24, 2.45) is 0 Å². The SMILES string of the molecule is CCc1nc(Cl)c(C)c(N(CC)C(C)COC)n1. The molecule has 0 saturated carbocycles. The smallest absolute Gasteiger partial charge is 0.137 e. The van der Waals surface area contributed by atoms with Crippen LogP contribution in [0, 0.1) is 6.92 Å². The third-order valence-electron chi connectivity index (χ3n) is 2.98. The predicted molar refractivity (Wildman–Crippen MR) is 75.5 cm³/mol. The minimum absolute atomic E-state index is 0.259. The van der Waals surface area contributed by atoms with Crippen LogP contribution in [0.4, 0.5) is 5.82 Å². The van der Waals surface area contributed by atoms with Gasteiger partial charge in [0, 0.05) is 25.6 Å². The molecule has 1 rings (SSSR count). The zero-order chi connectivity index (χ0) is 13.7. The molecule has 0 radical (unpaired) electrons. The zero-order valence-electron chi connectivity index (χ0n) is 11.8. The summed E-state index contributed by atoms with van der Waals surface area (Å²) < 4.78 is 5.22. The Kier molecular flexibility index (Phi) is 5.82. The molecule has 0 aromatic carbocycles. The van der Waals surface area contributed by atoms with E-state index in [0.717, 1.165) is 30.2 Å². The highest BCUT2D eigenvalue weighted by molar-refractivity contribution is 6.30. The van der Waals surface area contributed by atoms with Crippen molar-refractivity contribution in [1.82, 2.24) is 9.97 Å². The normalized spacial score (nSPS) is 12.6. The van der Waals surface area contributed by atoms with Gasteiger partial charge in [-0.1, -0.05) is 18.5 Å². The van der Waals surface area contributed by atoms with Gasteiger partial charge in [-0.3, -0.25) is 0 Å². The fourth-order valence-corrected chi connectivity index (χ4v) is 2.14. The number of hydrogen-bond acceptors (Lipinski definition) is 4. The van der Waals surface area contributed by atoms with E-state index in [9.17, 15) is 0 Å². The molecule has 0 aliphatic rings. The van der Waals surface area contributed by atoms with Gasteiger partial charge >= 0.3 is 0 Å². The first-order chi connectivity index (χ1) is 8.54. The molecule has 102 valence electrons. The zero-order valence-corrected chi connectivity index (χ0v) is 12.6. The molecule has 0 fully saturated rings. The largest absolute Gasteiger partial charge is 0.383 e. The lowest BCUT2D eigenvalue weighted by Crippen LogP contribution is -2.37. The monoisotopic (exact) mass is 271 g/mol. The molecular formula is C13H22ClN3O. The number of anilines is 1. The Labute approximate surface area is 114 Å². The van der Waals surface area contributed by atoms with Crippen molar-refractivity contribution < 1.29 is 4.74 Å². The van der Waals surface area contributed by atoms with E-state index in [0.29, 0.717) is 11.8 Å². The lowest BCUT2D eigenvalue weighted by Gasteiger charge is -2.30. The van der Waals surface area contributed by atoms with Gasteiger partial charge in [0.15, 0.2) is 0 Å². The Morgan fingerprint density at radius 2 is 2.00 bits per heavy atom. The Balaban J connectivity index is 3.15. The summed E-state index contributed by atoms with van der Waals surface area (Å²) in [6.07, 6.45) is 0.781. The second-order valence-electron chi connectivity index (χ2n) is 4.32. The van der Waals surface area contributed by atoms with Gasteiger partial charge in [0.05, 0.1) is 12.6 Å². The van der Waals surface area contributed by atoms with Crippen molar-refractivity contribution in [1.29, 1.82) is 0 Å². The number of halogens is 1. The lowest BCUT2D eigenvalue weighted by molar-refractivity contribution is 0.181. The van der Waals surface area contributed by atoms with Crippen LogP contribution >= 0.6 is 11.6 Å². The minimum atomic E-state index is 0.259. The topological polar surface area (TPSA) is 38.2 Å². The lowest BCUT2D eigenvalue weighted by atomic mass is 10.2. The van der Waals surface area contributed by atoms with Crippen molar-refractivity contribution in [2.75, 3.05) is 25.2 Å². The van der Waals surface area contributed by atoms with Gasteiger partial charge < -0.3 is 9.64 Å². The molecule has 1 atom stereocenters. The maximum atomic E-state index is 6.17. The number of ether oxygens (including phenoxy) is 1. The van der Waals surface area contributed by atoms with E-state index in [1.807, 2.05) is 13.8 Å². The van der Waals surface area contributed by atoms with Crippen molar-refractivity contribution in [2.45, 2.75) is 40.2 Å². The van der Waals surface area contributed by atoms with Crippen LogP contribution in [0.5, 0.6) is 0 Å². The van der Waals surface area contributed by atoms with Crippen molar-refractivity contribution >= 4 is 17.4 Å². The third kappa shape index (κ3) is 3.33. The molecule has 0 spiro atoms. The molecule has 0 N–H and O–H groups in total. The van der Waals surface area contributed by atoms with Crippen LogP contribution in [0.15, 0.2) is 0 Å². The van der Waals surface area contributed by atoms with Gasteiger partial charge in [-0.15, -0.1) is 0 Å². The van der Waals surface area contributed by atoms with E-state index in [1.165, 1.54) is 0 Å². The summed E-state index contributed by atoms with van der Waals surface area (Å²) in [7, 11) is 1.71. The highest BCUT2D eigenvalue weighted by atomic mass is 35.5. The maximum Gasteiger partial charge on any atom is 0.137 e. The van der Waals surface area contributed by atoms with E-state index in [2.05, 4.69) is 28.7 Å². The number of aryl methyl sites for hydroxylation is 1. The molecule has 1 unspecified atom stereocenters. The van der Waals surface area contributed by atoms with Crippen LogP contribution in [-0.2, 0) is 11.2 Å². The fraction of sp³-hybridized carbons (Fsp3) is 0.692. The molecule has 5 heteroatoms. The average molecular weight is 272 g/mol. The highest BCUT2D eigenvalue weighted by Crippen LogP contribution is 2.25. The highest BCUT2D eigenvalue weighted by Gasteiger charge is 2.19. The maximum absolute atomic E-state index is 6.17. The number of methoxy groups -OCH3 is 1. The molecule has 1 aromatic rings. The predicted octanol–water partition coefficient (Wildman–Crippen LogP) is 2.86. The van der Waals surface area contributed by atoms with Crippen LogP contribution < -0.4 is 4.90 Å². The van der Waals surface area contributed by atoms with Gasteiger partial charge in [-0.25, -0.2) is 9.97 Å². The van der Waals surface area contributed by atoms with Crippen LogP contribution in [0.2, 0.25) is 5.15 Å². The van der Waals surface area contributed by atoms with E-state index < -0.39 is 0 Å². The quantitative estimate of drug-likeness (QED) is 0.746. The van der Waals surface area contributed by atoms with Crippen molar-refractivity contribution in [3.63, 3.8) is 0 Å². The van der Waals surface area contributed by atoms with Gasteiger partial charge in [0.1, 0.15) is 16.8 Å². The van der Waals surface area contributed by atoms with E-state index >= 15 is 0 Å². The Bertz CT molecular complexity index is 398. The van der Waals surface area contributed by atoms with Gasteiger partial charge in [0.25, 0.3) is 0 Å². The number of aromatic nitrogens is 2. The molecular weight excluding hydrogens is 250 g/mol. The Hall–Kier alpha value is -0.870. The average Bonchev–Trinajstić information content (AvgIpc) is 2.35. The van der Waals surface area contributed by atoms with Crippen LogP contribution in [-0.4, -0.2) is 36.3 Å². The van der Waals surface area contributed by atoms with E-state index in [1.54, 1.807) is 7.11 Å². The molecule has 0 bridgehead atoms. The third-order valence-corrected chi connectivity index (χ3v) is 3.34. The summed E-state index contributed by atoms with van der Waals surface area (Å²) in [6, 6.07) is 0.259. The summed E-state index contributed by atoms with van der Waals surface area (Å²) in [6.45, 7) is 9.73. The number of rotatable bonds is 6.